The van der Waals surface area contributed by atoms with Crippen molar-refractivity contribution in [3.63, 3.8) is 0 Å². The van der Waals surface area contributed by atoms with Crippen molar-refractivity contribution in [1.82, 2.24) is 0 Å². The van der Waals surface area contributed by atoms with Crippen LogP contribution in [0.1, 0.15) is 220 Å². The molecular formula is C50H86O6. The van der Waals surface area contributed by atoms with E-state index in [4.69, 9.17) is 14.2 Å². The minimum absolute atomic E-state index is 0.0858. The standard InChI is InChI=1S/C50H86O6/c1-4-7-10-13-16-19-22-23-24-25-26-27-29-31-34-37-40-43-49(52)55-46-47(45-54-48(51)42-39-36-33-30-21-18-15-12-9-6-3)56-50(53)44-41-38-35-32-28-20-17-14-11-8-5-2/h7,10,12,14-17,19,23-24,47H,4-6,8-9,11,13,18,20-22,25-46H2,1-3H3/b10-7-,15-12-,17-14-,19-16-,24-23-. The van der Waals surface area contributed by atoms with Gasteiger partial charge in [0.15, 0.2) is 6.10 Å². The maximum absolute atomic E-state index is 12.7. The lowest BCUT2D eigenvalue weighted by Crippen LogP contribution is -2.30. The van der Waals surface area contributed by atoms with E-state index in [1.807, 2.05) is 0 Å². The van der Waals surface area contributed by atoms with Gasteiger partial charge in [0.05, 0.1) is 0 Å². The van der Waals surface area contributed by atoms with Crippen molar-refractivity contribution in [2.75, 3.05) is 13.2 Å². The number of carbonyl (C=O) groups excluding carboxylic acids is 3. The second-order valence-electron chi connectivity index (χ2n) is 15.3. The van der Waals surface area contributed by atoms with Gasteiger partial charge in [-0.1, -0.05) is 171 Å². The number of rotatable bonds is 41. The van der Waals surface area contributed by atoms with E-state index >= 15 is 0 Å². The van der Waals surface area contributed by atoms with E-state index in [1.165, 1.54) is 70.6 Å². The fourth-order valence-corrected chi connectivity index (χ4v) is 6.20. The summed E-state index contributed by atoms with van der Waals surface area (Å²) in [5, 5.41) is 0. The summed E-state index contributed by atoms with van der Waals surface area (Å²) < 4.78 is 16.7. The fraction of sp³-hybridized carbons (Fsp3) is 0.740. The van der Waals surface area contributed by atoms with Gasteiger partial charge in [-0.15, -0.1) is 0 Å². The average molecular weight is 783 g/mol. The maximum Gasteiger partial charge on any atom is 0.306 e. The Labute approximate surface area is 345 Å². The Hall–Kier alpha value is -2.89. The van der Waals surface area contributed by atoms with Crippen LogP contribution < -0.4 is 0 Å². The smallest absolute Gasteiger partial charge is 0.306 e. The summed E-state index contributed by atoms with van der Waals surface area (Å²) in [6.07, 6.45) is 53.5. The molecule has 0 aliphatic heterocycles. The largest absolute Gasteiger partial charge is 0.462 e. The van der Waals surface area contributed by atoms with Gasteiger partial charge in [0.2, 0.25) is 0 Å². The first-order valence-electron chi connectivity index (χ1n) is 23.3. The van der Waals surface area contributed by atoms with E-state index < -0.39 is 6.10 Å². The molecule has 0 aromatic heterocycles. The number of hydrogen-bond donors (Lipinski definition) is 0. The lowest BCUT2D eigenvalue weighted by atomic mass is 10.1. The summed E-state index contributed by atoms with van der Waals surface area (Å²) >= 11 is 0. The first kappa shape index (κ1) is 53.1. The maximum atomic E-state index is 12.7. The molecule has 0 saturated heterocycles. The Morgan fingerprint density at radius 2 is 0.732 bits per heavy atom. The molecule has 0 spiro atoms. The molecule has 322 valence electrons. The molecule has 1 atom stereocenters. The molecule has 0 aliphatic rings. The van der Waals surface area contributed by atoms with Gasteiger partial charge in [-0.05, 0) is 89.9 Å². The van der Waals surface area contributed by atoms with Crippen molar-refractivity contribution >= 4 is 17.9 Å². The van der Waals surface area contributed by atoms with Crippen LogP contribution >= 0.6 is 0 Å². The highest BCUT2D eigenvalue weighted by Crippen LogP contribution is 2.13. The minimum atomic E-state index is -0.782. The van der Waals surface area contributed by atoms with Crippen LogP contribution in [-0.4, -0.2) is 37.2 Å². The predicted octanol–water partition coefficient (Wildman–Crippen LogP) is 14.9. The SMILES string of the molecule is CC/C=C\C/C=C\C/C=C\CCCCCCCCCC(=O)OCC(COC(=O)CCCCCCC/C=C\CCC)OC(=O)CCCCCCC/C=C\CCCC. The van der Waals surface area contributed by atoms with Crippen LogP contribution in [0.25, 0.3) is 0 Å². The normalized spacial score (nSPS) is 12.6. The highest BCUT2D eigenvalue weighted by molar-refractivity contribution is 5.71. The second-order valence-corrected chi connectivity index (χ2v) is 15.3. The number of esters is 3. The lowest BCUT2D eigenvalue weighted by molar-refractivity contribution is -0.167. The van der Waals surface area contributed by atoms with Crippen LogP contribution in [0.5, 0.6) is 0 Å². The molecule has 0 N–H and O–H groups in total. The summed E-state index contributed by atoms with van der Waals surface area (Å²) in [4.78, 5) is 37.7. The Bertz CT molecular complexity index is 1040. The molecule has 0 heterocycles. The van der Waals surface area contributed by atoms with Crippen LogP contribution in [0.4, 0.5) is 0 Å². The van der Waals surface area contributed by atoms with Crippen molar-refractivity contribution in [2.45, 2.75) is 226 Å². The number of unbranched alkanes of at least 4 members (excludes halogenated alkanes) is 20. The molecule has 6 heteroatoms. The van der Waals surface area contributed by atoms with Crippen molar-refractivity contribution in [3.05, 3.63) is 60.8 Å². The zero-order valence-electron chi connectivity index (χ0n) is 36.6. The van der Waals surface area contributed by atoms with Gasteiger partial charge in [-0.25, -0.2) is 0 Å². The molecule has 6 nitrogen and oxygen atoms in total. The van der Waals surface area contributed by atoms with Crippen molar-refractivity contribution in [2.24, 2.45) is 0 Å². The zero-order chi connectivity index (χ0) is 40.8. The van der Waals surface area contributed by atoms with Crippen LogP contribution in [0.2, 0.25) is 0 Å². The third kappa shape index (κ3) is 42.3. The van der Waals surface area contributed by atoms with Gasteiger partial charge in [-0.3, -0.25) is 14.4 Å². The van der Waals surface area contributed by atoms with Crippen LogP contribution in [-0.2, 0) is 28.6 Å². The lowest BCUT2D eigenvalue weighted by Gasteiger charge is -2.18. The Morgan fingerprint density at radius 3 is 1.18 bits per heavy atom. The molecule has 1 unspecified atom stereocenters. The molecule has 0 aromatic carbocycles. The molecule has 0 amide bonds. The number of carbonyl (C=O) groups is 3. The highest BCUT2D eigenvalue weighted by atomic mass is 16.6. The van der Waals surface area contributed by atoms with Crippen LogP contribution in [0.15, 0.2) is 60.8 Å². The van der Waals surface area contributed by atoms with E-state index in [1.54, 1.807) is 0 Å². The fourth-order valence-electron chi connectivity index (χ4n) is 6.20. The number of hydrogen-bond acceptors (Lipinski definition) is 6. The van der Waals surface area contributed by atoms with Gasteiger partial charge in [0.1, 0.15) is 13.2 Å². The van der Waals surface area contributed by atoms with Crippen molar-refractivity contribution in [1.29, 1.82) is 0 Å². The molecule has 0 aliphatic carbocycles. The topological polar surface area (TPSA) is 78.9 Å². The zero-order valence-corrected chi connectivity index (χ0v) is 36.6. The monoisotopic (exact) mass is 783 g/mol. The Balaban J connectivity index is 4.36. The Kier molecular flexibility index (Phi) is 42.5. The summed E-state index contributed by atoms with van der Waals surface area (Å²) in [7, 11) is 0. The Morgan fingerprint density at radius 1 is 0.375 bits per heavy atom. The molecule has 0 bridgehead atoms. The van der Waals surface area contributed by atoms with Crippen molar-refractivity contribution in [3.8, 4) is 0 Å². The molecule has 0 saturated carbocycles. The van der Waals surface area contributed by atoms with Gasteiger partial charge in [-0.2, -0.15) is 0 Å². The molecule has 0 fully saturated rings. The molecule has 0 rings (SSSR count). The summed E-state index contributed by atoms with van der Waals surface area (Å²) in [6.45, 7) is 6.39. The van der Waals surface area contributed by atoms with Crippen molar-refractivity contribution < 1.29 is 28.6 Å². The van der Waals surface area contributed by atoms with E-state index in [-0.39, 0.29) is 31.1 Å². The van der Waals surface area contributed by atoms with Crippen LogP contribution in [0, 0.1) is 0 Å². The predicted molar refractivity (Wildman–Crippen MR) is 238 cm³/mol. The second kappa shape index (κ2) is 44.8. The summed E-state index contributed by atoms with van der Waals surface area (Å²) in [5.74, 6) is -0.919. The van der Waals surface area contributed by atoms with Gasteiger partial charge in [0, 0.05) is 19.3 Å². The first-order valence-corrected chi connectivity index (χ1v) is 23.3. The van der Waals surface area contributed by atoms with Gasteiger partial charge < -0.3 is 14.2 Å². The molecule has 0 radical (unpaired) electrons. The van der Waals surface area contributed by atoms with E-state index in [2.05, 4.69) is 81.5 Å². The first-order chi connectivity index (χ1) is 27.5. The van der Waals surface area contributed by atoms with E-state index in [0.29, 0.717) is 19.3 Å². The van der Waals surface area contributed by atoms with Gasteiger partial charge in [0.25, 0.3) is 0 Å². The van der Waals surface area contributed by atoms with Gasteiger partial charge >= 0.3 is 17.9 Å². The number of allylic oxidation sites excluding steroid dienone is 10. The number of ether oxygens (including phenoxy) is 3. The van der Waals surface area contributed by atoms with E-state index in [0.717, 1.165) is 109 Å². The highest BCUT2D eigenvalue weighted by Gasteiger charge is 2.19. The molecular weight excluding hydrogens is 697 g/mol. The quantitative estimate of drug-likeness (QED) is 0.0266. The molecule has 0 aromatic rings. The summed E-state index contributed by atoms with van der Waals surface area (Å²) in [6, 6.07) is 0. The minimum Gasteiger partial charge on any atom is -0.462 e. The average Bonchev–Trinajstić information content (AvgIpc) is 3.19. The summed E-state index contributed by atoms with van der Waals surface area (Å²) in [5.41, 5.74) is 0. The third-order valence-electron chi connectivity index (χ3n) is 9.71. The third-order valence-corrected chi connectivity index (χ3v) is 9.71. The molecule has 56 heavy (non-hydrogen) atoms. The van der Waals surface area contributed by atoms with Crippen LogP contribution in [0.3, 0.4) is 0 Å². The van der Waals surface area contributed by atoms with E-state index in [9.17, 15) is 14.4 Å².